The predicted molar refractivity (Wildman–Crippen MR) is 70.6 cm³/mol. The second-order valence-corrected chi connectivity index (χ2v) is 4.75. The molecule has 6 heteroatoms. The zero-order chi connectivity index (χ0) is 15.3. The number of nitrogens with two attached hydrogens (primary N) is 1. The highest BCUT2D eigenvalue weighted by Crippen LogP contribution is 2.11. The average molecular weight is 284 g/mol. The molecule has 0 aromatic heterocycles. The summed E-state index contributed by atoms with van der Waals surface area (Å²) < 4.78 is 26.2. The zero-order valence-corrected chi connectivity index (χ0v) is 11.5. The first-order valence-corrected chi connectivity index (χ1v) is 6.37. The fourth-order valence-electron chi connectivity index (χ4n) is 1.79. The summed E-state index contributed by atoms with van der Waals surface area (Å²) in [5, 5.41) is 2.48. The normalized spacial score (nSPS) is 13.6. The van der Waals surface area contributed by atoms with Crippen LogP contribution in [0.1, 0.15) is 25.8 Å². The van der Waals surface area contributed by atoms with Gasteiger partial charge in [0.15, 0.2) is 0 Å². The van der Waals surface area contributed by atoms with Crippen LogP contribution in [0.5, 0.6) is 0 Å². The van der Waals surface area contributed by atoms with Crippen LogP contribution in [0.15, 0.2) is 18.2 Å². The number of benzene rings is 1. The highest BCUT2D eigenvalue weighted by atomic mass is 19.1. The summed E-state index contributed by atoms with van der Waals surface area (Å²) in [4.78, 5) is 23.1. The third-order valence-corrected chi connectivity index (χ3v) is 3.20. The lowest BCUT2D eigenvalue weighted by Crippen LogP contribution is -2.48. The second kappa shape index (κ2) is 6.98. The van der Waals surface area contributed by atoms with Crippen LogP contribution in [0, 0.1) is 17.6 Å². The van der Waals surface area contributed by atoms with Crippen molar-refractivity contribution in [1.29, 1.82) is 0 Å². The van der Waals surface area contributed by atoms with Gasteiger partial charge < -0.3 is 11.1 Å². The van der Waals surface area contributed by atoms with E-state index < -0.39 is 29.5 Å². The first-order valence-electron chi connectivity index (χ1n) is 6.37. The molecule has 1 rings (SSSR count). The summed E-state index contributed by atoms with van der Waals surface area (Å²) in [5.74, 6) is -2.78. The predicted octanol–water partition coefficient (Wildman–Crippen LogP) is 1.52. The number of nitrogens with one attached hydrogen (secondary N) is 1. The number of halogens is 2. The molecule has 2 atom stereocenters. The molecule has 0 radical (unpaired) electrons. The number of primary amides is 1. The van der Waals surface area contributed by atoms with Gasteiger partial charge in [-0.15, -0.1) is 0 Å². The molecule has 0 aliphatic carbocycles. The lowest BCUT2D eigenvalue weighted by molar-refractivity contribution is -0.128. The molecule has 0 unspecified atom stereocenters. The van der Waals surface area contributed by atoms with Crippen LogP contribution in [0.3, 0.4) is 0 Å². The number of carbonyl (C=O) groups excluding carboxylic acids is 2. The average Bonchev–Trinajstić information content (AvgIpc) is 2.38. The minimum absolute atomic E-state index is 0.0660. The molecule has 110 valence electrons. The van der Waals surface area contributed by atoms with Crippen molar-refractivity contribution >= 4 is 11.8 Å². The topological polar surface area (TPSA) is 72.2 Å². The van der Waals surface area contributed by atoms with E-state index in [4.69, 9.17) is 5.73 Å². The largest absolute Gasteiger partial charge is 0.368 e. The third-order valence-electron chi connectivity index (χ3n) is 3.20. The minimum Gasteiger partial charge on any atom is -0.368 e. The quantitative estimate of drug-likeness (QED) is 0.831. The van der Waals surface area contributed by atoms with Gasteiger partial charge in [-0.1, -0.05) is 26.3 Å². The number of carbonyl (C=O) groups is 2. The van der Waals surface area contributed by atoms with E-state index in [0.29, 0.717) is 12.5 Å². The maximum absolute atomic E-state index is 13.4. The van der Waals surface area contributed by atoms with Crippen LogP contribution in [0.25, 0.3) is 0 Å². The zero-order valence-electron chi connectivity index (χ0n) is 11.5. The second-order valence-electron chi connectivity index (χ2n) is 4.75. The Hall–Kier alpha value is -1.98. The monoisotopic (exact) mass is 284 g/mol. The van der Waals surface area contributed by atoms with Crippen LogP contribution < -0.4 is 11.1 Å². The van der Waals surface area contributed by atoms with Crippen molar-refractivity contribution in [3.05, 3.63) is 35.4 Å². The third kappa shape index (κ3) is 4.29. The molecule has 0 bridgehead atoms. The van der Waals surface area contributed by atoms with Crippen molar-refractivity contribution in [2.75, 3.05) is 0 Å². The van der Waals surface area contributed by atoms with E-state index in [1.165, 1.54) is 6.07 Å². The first-order chi connectivity index (χ1) is 9.35. The van der Waals surface area contributed by atoms with Crippen molar-refractivity contribution in [3.8, 4) is 0 Å². The summed E-state index contributed by atoms with van der Waals surface area (Å²) in [6.45, 7) is 3.65. The van der Waals surface area contributed by atoms with Crippen molar-refractivity contribution in [2.45, 2.75) is 32.7 Å². The Morgan fingerprint density at radius 2 is 2.00 bits per heavy atom. The Balaban J connectivity index is 2.73. The van der Waals surface area contributed by atoms with Gasteiger partial charge >= 0.3 is 0 Å². The van der Waals surface area contributed by atoms with Gasteiger partial charge in [0.05, 0.1) is 6.42 Å². The molecule has 0 aliphatic heterocycles. The van der Waals surface area contributed by atoms with Crippen molar-refractivity contribution < 1.29 is 18.4 Å². The van der Waals surface area contributed by atoms with Gasteiger partial charge in [-0.05, 0) is 17.5 Å². The van der Waals surface area contributed by atoms with Crippen molar-refractivity contribution in [2.24, 2.45) is 11.7 Å². The summed E-state index contributed by atoms with van der Waals surface area (Å²) in [7, 11) is 0. The maximum atomic E-state index is 13.4. The van der Waals surface area contributed by atoms with Gasteiger partial charge in [0, 0.05) is 6.07 Å². The van der Waals surface area contributed by atoms with E-state index in [-0.39, 0.29) is 17.9 Å². The highest BCUT2D eigenvalue weighted by Gasteiger charge is 2.23. The van der Waals surface area contributed by atoms with E-state index in [2.05, 4.69) is 5.32 Å². The SMILES string of the molecule is CC[C@H](C)[C@@H](NC(=O)Cc1ccc(F)cc1F)C(N)=O. The number of rotatable bonds is 6. The molecule has 0 spiro atoms. The lowest BCUT2D eigenvalue weighted by Gasteiger charge is -2.21. The fraction of sp³-hybridized carbons (Fsp3) is 0.429. The molecule has 1 aromatic rings. The van der Waals surface area contributed by atoms with E-state index in [1.807, 2.05) is 6.92 Å². The van der Waals surface area contributed by atoms with Gasteiger partial charge in [0.1, 0.15) is 17.7 Å². The molecule has 2 amide bonds. The van der Waals surface area contributed by atoms with Crippen molar-refractivity contribution in [1.82, 2.24) is 5.32 Å². The first kappa shape index (κ1) is 16.1. The molecular formula is C14H18F2N2O2. The molecular weight excluding hydrogens is 266 g/mol. The van der Waals surface area contributed by atoms with Crippen LogP contribution in [0.2, 0.25) is 0 Å². The molecule has 3 N–H and O–H groups in total. The van der Waals surface area contributed by atoms with Gasteiger partial charge in [-0.2, -0.15) is 0 Å². The Kier molecular flexibility index (Phi) is 5.61. The molecule has 0 saturated carbocycles. The molecule has 0 saturated heterocycles. The highest BCUT2D eigenvalue weighted by molar-refractivity contribution is 5.87. The van der Waals surface area contributed by atoms with E-state index in [0.717, 1.165) is 6.07 Å². The molecule has 1 aromatic carbocycles. The summed E-state index contributed by atoms with van der Waals surface area (Å²) in [5.41, 5.74) is 5.29. The minimum atomic E-state index is -0.795. The van der Waals surface area contributed by atoms with Gasteiger partial charge in [0.2, 0.25) is 11.8 Å². The molecule has 0 heterocycles. The molecule has 0 aliphatic rings. The Labute approximate surface area is 116 Å². The Morgan fingerprint density at radius 3 is 2.50 bits per heavy atom. The van der Waals surface area contributed by atoms with Crippen LogP contribution in [0.4, 0.5) is 8.78 Å². The number of hydrogen-bond acceptors (Lipinski definition) is 2. The summed E-state index contributed by atoms with van der Waals surface area (Å²) in [6.07, 6.45) is 0.394. The van der Waals surface area contributed by atoms with E-state index >= 15 is 0 Å². The van der Waals surface area contributed by atoms with E-state index in [1.54, 1.807) is 6.92 Å². The van der Waals surface area contributed by atoms with Gasteiger partial charge in [-0.3, -0.25) is 9.59 Å². The van der Waals surface area contributed by atoms with Crippen LogP contribution >= 0.6 is 0 Å². The number of hydrogen-bond donors (Lipinski definition) is 2. The van der Waals surface area contributed by atoms with Gasteiger partial charge in [-0.25, -0.2) is 8.78 Å². The fourth-order valence-corrected chi connectivity index (χ4v) is 1.79. The van der Waals surface area contributed by atoms with Crippen molar-refractivity contribution in [3.63, 3.8) is 0 Å². The number of amides is 2. The molecule has 0 fully saturated rings. The van der Waals surface area contributed by atoms with E-state index in [9.17, 15) is 18.4 Å². The maximum Gasteiger partial charge on any atom is 0.240 e. The van der Waals surface area contributed by atoms with Crippen LogP contribution in [-0.2, 0) is 16.0 Å². The Morgan fingerprint density at radius 1 is 1.35 bits per heavy atom. The molecule has 4 nitrogen and oxygen atoms in total. The Bertz CT molecular complexity index is 506. The van der Waals surface area contributed by atoms with Gasteiger partial charge in [0.25, 0.3) is 0 Å². The molecule has 20 heavy (non-hydrogen) atoms. The standard InChI is InChI=1S/C14H18F2N2O2/c1-3-8(2)13(14(17)20)18-12(19)6-9-4-5-10(15)7-11(9)16/h4-5,7-8,13H,3,6H2,1-2H3,(H2,17,20)(H,18,19)/t8-,13+/m0/s1. The lowest BCUT2D eigenvalue weighted by atomic mass is 9.98. The van der Waals surface area contributed by atoms with Crippen LogP contribution in [-0.4, -0.2) is 17.9 Å². The summed E-state index contributed by atoms with van der Waals surface area (Å²) >= 11 is 0. The smallest absolute Gasteiger partial charge is 0.240 e. The summed E-state index contributed by atoms with van der Waals surface area (Å²) in [6, 6.07) is 2.19.